The molecule has 0 radical (unpaired) electrons. The van der Waals surface area contributed by atoms with Crippen molar-refractivity contribution < 1.29 is 0 Å². The first-order chi connectivity index (χ1) is 26.7. The van der Waals surface area contributed by atoms with E-state index in [0.29, 0.717) is 0 Å². The zero-order chi connectivity index (χ0) is 36.1. The second-order valence-corrected chi connectivity index (χ2v) is 17.9. The van der Waals surface area contributed by atoms with Gasteiger partial charge in [0, 0.05) is 28.3 Å². The summed E-state index contributed by atoms with van der Waals surface area (Å²) in [5.41, 5.74) is 8.30. The molecule has 0 saturated carbocycles. The summed E-state index contributed by atoms with van der Waals surface area (Å²) in [6, 6.07) is 71.5. The second kappa shape index (κ2) is 13.1. The summed E-state index contributed by atoms with van der Waals surface area (Å²) < 4.78 is 2.35. The summed E-state index contributed by atoms with van der Waals surface area (Å²) in [5.74, 6) is 0.933. The third-order valence-electron chi connectivity index (χ3n) is 11.1. The first kappa shape index (κ1) is 32.0. The number of para-hydroxylation sites is 4. The lowest BCUT2D eigenvalue weighted by Gasteiger charge is -2.35. The quantitative estimate of drug-likeness (QED) is 0.122. The number of aromatic nitrogens is 2. The zero-order valence-corrected chi connectivity index (χ0v) is 31.0. The average Bonchev–Trinajstić information content (AvgIpc) is 3.79. The molecular weight excluding hydrogens is 673 g/mol. The van der Waals surface area contributed by atoms with Gasteiger partial charge in [-0.05, 0) is 93.9 Å². The predicted molar refractivity (Wildman–Crippen MR) is 229 cm³/mol. The first-order valence-corrected chi connectivity index (χ1v) is 20.6. The van der Waals surface area contributed by atoms with Crippen LogP contribution in [-0.2, 0) is 0 Å². The zero-order valence-electron chi connectivity index (χ0n) is 30.0. The van der Waals surface area contributed by atoms with Crippen LogP contribution in [0.5, 0.6) is 0 Å². The van der Waals surface area contributed by atoms with E-state index in [0.717, 1.165) is 18.0 Å². The molecule has 0 unspecified atom stereocenters. The summed E-state index contributed by atoms with van der Waals surface area (Å²) in [4.78, 5) is 9.79. The molecule has 0 spiro atoms. The lowest BCUT2D eigenvalue weighted by molar-refractivity contribution is 0.992. The van der Waals surface area contributed by atoms with Gasteiger partial charge in [-0.2, -0.15) is 0 Å². The van der Waals surface area contributed by atoms with Crippen molar-refractivity contribution in [2.75, 3.05) is 16.5 Å². The summed E-state index contributed by atoms with van der Waals surface area (Å²) in [6.45, 7) is 2.87. The van der Waals surface area contributed by atoms with Crippen LogP contribution in [0, 0.1) is 6.92 Å². The van der Waals surface area contributed by atoms with Crippen molar-refractivity contribution in [3.63, 3.8) is 0 Å². The highest BCUT2D eigenvalue weighted by molar-refractivity contribution is 7.20. The summed E-state index contributed by atoms with van der Waals surface area (Å²) in [6.07, 6.45) is 1.92. The maximum absolute atomic E-state index is 4.92. The average molecular weight is 711 g/mol. The van der Waals surface area contributed by atoms with Crippen LogP contribution in [0.4, 0.5) is 22.7 Å². The van der Waals surface area contributed by atoms with Crippen LogP contribution in [0.1, 0.15) is 5.56 Å². The molecular formula is C49H38N4Si. The van der Waals surface area contributed by atoms with E-state index in [4.69, 9.17) is 4.98 Å². The fourth-order valence-electron chi connectivity index (χ4n) is 8.64. The summed E-state index contributed by atoms with van der Waals surface area (Å²) in [7, 11) is -2.93. The molecule has 0 amide bonds. The van der Waals surface area contributed by atoms with E-state index in [9.17, 15) is 0 Å². The van der Waals surface area contributed by atoms with Gasteiger partial charge < -0.3 is 9.80 Å². The van der Waals surface area contributed by atoms with Crippen LogP contribution in [0.2, 0.25) is 0 Å². The first-order valence-electron chi connectivity index (χ1n) is 18.6. The molecule has 5 heteroatoms. The van der Waals surface area contributed by atoms with E-state index in [2.05, 4.69) is 215 Å². The molecule has 9 aromatic rings. The molecule has 10 rings (SSSR count). The number of rotatable bonds is 7. The molecule has 3 heterocycles. The number of benzene rings is 7. The molecule has 1 aliphatic rings. The van der Waals surface area contributed by atoms with Crippen LogP contribution in [0.3, 0.4) is 0 Å². The van der Waals surface area contributed by atoms with E-state index in [1.54, 1.807) is 0 Å². The maximum Gasteiger partial charge on any atom is 0.179 e. The minimum absolute atomic E-state index is 0.730. The Balaban J connectivity index is 1.24. The number of hydrogen-bond donors (Lipinski definition) is 0. The van der Waals surface area contributed by atoms with E-state index < -0.39 is 8.07 Å². The normalized spacial score (nSPS) is 12.8. The van der Waals surface area contributed by atoms with Crippen molar-refractivity contribution in [1.82, 2.24) is 9.55 Å². The second-order valence-electron chi connectivity index (χ2n) is 14.1. The Morgan fingerprint density at radius 1 is 0.444 bits per heavy atom. The van der Waals surface area contributed by atoms with Gasteiger partial charge in [0.25, 0.3) is 0 Å². The molecule has 54 heavy (non-hydrogen) atoms. The SMILES string of the molecule is Cc1ccnc(-n2c3ccccc3c3ccc([Si](c4ccccc4)(c4ccccc4)c4cccc(N5CN(c6ccccc6)c6ccccc65)c4)cc32)c1. The third-order valence-corrected chi connectivity index (χ3v) is 15.8. The number of anilines is 4. The third kappa shape index (κ3) is 5.08. The molecule has 1 aliphatic heterocycles. The molecule has 0 bridgehead atoms. The minimum atomic E-state index is -2.93. The van der Waals surface area contributed by atoms with Gasteiger partial charge in [-0.25, -0.2) is 4.98 Å². The molecule has 0 atom stereocenters. The Labute approximate surface area is 316 Å². The van der Waals surface area contributed by atoms with E-state index >= 15 is 0 Å². The topological polar surface area (TPSA) is 24.3 Å². The summed E-state index contributed by atoms with van der Waals surface area (Å²) in [5, 5.41) is 7.81. The molecule has 7 aromatic carbocycles. The Kier molecular flexibility index (Phi) is 7.74. The monoisotopic (exact) mass is 710 g/mol. The molecule has 0 saturated heterocycles. The molecule has 0 N–H and O–H groups in total. The molecule has 4 nitrogen and oxygen atoms in total. The van der Waals surface area contributed by atoms with Crippen LogP contribution in [-0.4, -0.2) is 24.3 Å². The number of pyridine rings is 1. The van der Waals surface area contributed by atoms with Crippen molar-refractivity contribution in [2.45, 2.75) is 6.92 Å². The maximum atomic E-state index is 4.92. The standard InChI is InChI=1S/C49H38N4Si/c1-36-30-31-50-49(32-36)53-45-25-12-11-24-43(45)44-29-28-42(34-48(44)53)54(39-19-7-3-8-20-39,40-21-9-4-10-22-40)41-23-15-18-38(33-41)52-35-51(37-16-5-2-6-17-37)46-26-13-14-27-47(46)52/h2-34H,35H2,1H3. The Hall–Kier alpha value is -6.69. The lowest BCUT2D eigenvalue weighted by Crippen LogP contribution is -2.74. The Morgan fingerprint density at radius 3 is 1.70 bits per heavy atom. The van der Waals surface area contributed by atoms with Crippen molar-refractivity contribution >= 4 is 73.4 Å². The van der Waals surface area contributed by atoms with Crippen LogP contribution < -0.4 is 30.5 Å². The van der Waals surface area contributed by atoms with Crippen molar-refractivity contribution in [3.8, 4) is 5.82 Å². The van der Waals surface area contributed by atoms with Gasteiger partial charge >= 0.3 is 0 Å². The number of aryl methyl sites for hydroxylation is 1. The number of hydrogen-bond acceptors (Lipinski definition) is 3. The highest BCUT2D eigenvalue weighted by Crippen LogP contribution is 2.43. The van der Waals surface area contributed by atoms with Gasteiger partial charge in [-0.15, -0.1) is 0 Å². The smallest absolute Gasteiger partial charge is 0.179 e. The van der Waals surface area contributed by atoms with Crippen molar-refractivity contribution in [3.05, 3.63) is 206 Å². The lowest BCUT2D eigenvalue weighted by atomic mass is 10.1. The van der Waals surface area contributed by atoms with Gasteiger partial charge in [-0.3, -0.25) is 4.57 Å². The Morgan fingerprint density at radius 2 is 1.00 bits per heavy atom. The van der Waals surface area contributed by atoms with Gasteiger partial charge in [0.2, 0.25) is 0 Å². The molecule has 2 aromatic heterocycles. The molecule has 258 valence electrons. The fourth-order valence-corrected chi connectivity index (χ4v) is 13.4. The molecule has 0 aliphatic carbocycles. The van der Waals surface area contributed by atoms with E-state index in [1.807, 2.05) is 6.20 Å². The van der Waals surface area contributed by atoms with Gasteiger partial charge in [0.05, 0.1) is 22.4 Å². The highest BCUT2D eigenvalue weighted by atomic mass is 28.3. The van der Waals surface area contributed by atoms with Gasteiger partial charge in [-0.1, -0.05) is 133 Å². The van der Waals surface area contributed by atoms with Crippen LogP contribution >= 0.6 is 0 Å². The Bertz CT molecular complexity index is 2740. The van der Waals surface area contributed by atoms with Crippen molar-refractivity contribution in [1.29, 1.82) is 0 Å². The fraction of sp³-hybridized carbons (Fsp3) is 0.0408. The molecule has 0 fully saturated rings. The van der Waals surface area contributed by atoms with Crippen LogP contribution in [0.15, 0.2) is 200 Å². The summed E-state index contributed by atoms with van der Waals surface area (Å²) >= 11 is 0. The van der Waals surface area contributed by atoms with Gasteiger partial charge in [0.1, 0.15) is 12.5 Å². The largest absolute Gasteiger partial charge is 0.321 e. The highest BCUT2D eigenvalue weighted by Gasteiger charge is 2.42. The van der Waals surface area contributed by atoms with Crippen molar-refractivity contribution in [2.24, 2.45) is 0 Å². The van der Waals surface area contributed by atoms with E-state index in [1.165, 1.54) is 65.3 Å². The predicted octanol–water partition coefficient (Wildman–Crippen LogP) is 9.11. The van der Waals surface area contributed by atoms with Gasteiger partial charge in [0.15, 0.2) is 8.07 Å². The van der Waals surface area contributed by atoms with E-state index in [-0.39, 0.29) is 0 Å². The van der Waals surface area contributed by atoms with Crippen LogP contribution in [0.25, 0.3) is 27.6 Å². The number of nitrogens with zero attached hydrogens (tertiary/aromatic N) is 4. The number of fused-ring (bicyclic) bond motifs is 4. The minimum Gasteiger partial charge on any atom is -0.321 e.